The predicted molar refractivity (Wildman–Crippen MR) is 86.6 cm³/mol. The molecule has 2 N–H and O–H groups in total. The van der Waals surface area contributed by atoms with E-state index in [1.165, 1.54) is 20.3 Å². The van der Waals surface area contributed by atoms with Crippen LogP contribution in [0.1, 0.15) is 32.4 Å². The summed E-state index contributed by atoms with van der Waals surface area (Å²) in [4.78, 5) is 24.2. The van der Waals surface area contributed by atoms with Crippen LogP contribution in [-0.2, 0) is 9.47 Å². The number of rotatable bonds is 5. The van der Waals surface area contributed by atoms with E-state index in [1.807, 2.05) is 0 Å². The lowest BCUT2D eigenvalue weighted by Crippen LogP contribution is -2.12. The van der Waals surface area contributed by atoms with Crippen LogP contribution in [0, 0.1) is 0 Å². The minimum atomic E-state index is -1.21. The van der Waals surface area contributed by atoms with Crippen LogP contribution in [0.2, 0.25) is 0 Å². The van der Waals surface area contributed by atoms with Gasteiger partial charge in [0.1, 0.15) is 6.10 Å². The minimum Gasteiger partial charge on any atom is -0.465 e. The summed E-state index contributed by atoms with van der Waals surface area (Å²) in [5, 5.41) is 19.4. The van der Waals surface area contributed by atoms with Gasteiger partial charge in [-0.3, -0.25) is 0 Å². The van der Waals surface area contributed by atoms with Gasteiger partial charge in [-0.25, -0.2) is 9.59 Å². The molecule has 0 spiro atoms. The summed E-state index contributed by atoms with van der Waals surface area (Å²) >= 11 is 0. The van der Waals surface area contributed by atoms with Crippen molar-refractivity contribution in [1.82, 2.24) is 0 Å². The zero-order valence-electron chi connectivity index (χ0n) is 13.4. The summed E-state index contributed by atoms with van der Waals surface area (Å²) in [5.41, 5.74) is 1.47. The average molecular weight is 330 g/mol. The van der Waals surface area contributed by atoms with Crippen LogP contribution in [0.3, 0.4) is 0 Å². The van der Waals surface area contributed by atoms with Gasteiger partial charge in [-0.05, 0) is 23.3 Å². The molecule has 1 atom stereocenters. The molecule has 0 heterocycles. The maximum absolute atomic E-state index is 12.1. The minimum absolute atomic E-state index is 0.179. The van der Waals surface area contributed by atoms with E-state index in [1.54, 1.807) is 36.4 Å². The Morgan fingerprint density at radius 2 is 1.54 bits per heavy atom. The SMILES string of the molecule is COC(=O)c1ccccc1-c1c(C(=O)OC)cccc1C(O)CO. The number of hydrogen-bond donors (Lipinski definition) is 2. The Balaban J connectivity index is 2.81. The molecule has 24 heavy (non-hydrogen) atoms. The lowest BCUT2D eigenvalue weighted by molar-refractivity contribution is 0.0589. The molecular formula is C18H18O6. The van der Waals surface area contributed by atoms with Gasteiger partial charge in [0.2, 0.25) is 0 Å². The number of aliphatic hydroxyl groups is 2. The van der Waals surface area contributed by atoms with Gasteiger partial charge in [0.15, 0.2) is 0 Å². The highest BCUT2D eigenvalue weighted by Gasteiger charge is 2.24. The van der Waals surface area contributed by atoms with Gasteiger partial charge in [0, 0.05) is 5.56 Å². The third kappa shape index (κ3) is 3.29. The van der Waals surface area contributed by atoms with Gasteiger partial charge in [0.05, 0.1) is 32.0 Å². The normalized spacial score (nSPS) is 11.7. The Hall–Kier alpha value is -2.70. The number of ether oxygens (including phenoxy) is 2. The first-order valence-electron chi connectivity index (χ1n) is 7.23. The molecule has 2 aromatic rings. The lowest BCUT2D eigenvalue weighted by Gasteiger charge is -2.18. The monoisotopic (exact) mass is 330 g/mol. The van der Waals surface area contributed by atoms with E-state index < -0.39 is 24.6 Å². The molecule has 2 aromatic carbocycles. The highest BCUT2D eigenvalue weighted by molar-refractivity contribution is 6.04. The second-order valence-corrected chi connectivity index (χ2v) is 5.00. The molecule has 6 heteroatoms. The summed E-state index contributed by atoms with van der Waals surface area (Å²) in [5.74, 6) is -1.19. The van der Waals surface area contributed by atoms with E-state index in [0.29, 0.717) is 16.7 Å². The second-order valence-electron chi connectivity index (χ2n) is 5.00. The van der Waals surface area contributed by atoms with Crippen molar-refractivity contribution >= 4 is 11.9 Å². The molecule has 2 rings (SSSR count). The zero-order valence-corrected chi connectivity index (χ0v) is 13.4. The highest BCUT2D eigenvalue weighted by atomic mass is 16.5. The van der Waals surface area contributed by atoms with Crippen LogP contribution >= 0.6 is 0 Å². The zero-order chi connectivity index (χ0) is 17.7. The van der Waals surface area contributed by atoms with Crippen molar-refractivity contribution in [1.29, 1.82) is 0 Å². The standard InChI is InChI=1S/C18H18O6/c1-23-17(21)12-7-4-3-6-11(12)16-13(15(20)10-19)8-5-9-14(16)18(22)24-2/h3-9,15,19-20H,10H2,1-2H3. The Labute approximate surface area is 139 Å². The molecule has 0 bridgehead atoms. The topological polar surface area (TPSA) is 93.1 Å². The Morgan fingerprint density at radius 3 is 2.17 bits per heavy atom. The third-order valence-corrected chi connectivity index (χ3v) is 3.64. The molecule has 0 radical (unpaired) electrons. The molecule has 0 amide bonds. The van der Waals surface area contributed by atoms with Crippen LogP contribution in [-0.4, -0.2) is 43.0 Å². The molecule has 0 aliphatic rings. The number of esters is 2. The van der Waals surface area contributed by atoms with E-state index in [9.17, 15) is 19.8 Å². The predicted octanol–water partition coefficient (Wildman–Crippen LogP) is 1.95. The Bertz CT molecular complexity index is 753. The van der Waals surface area contributed by atoms with E-state index in [4.69, 9.17) is 9.47 Å². The van der Waals surface area contributed by atoms with Crippen LogP contribution in [0.5, 0.6) is 0 Å². The number of aliphatic hydroxyl groups excluding tert-OH is 2. The first kappa shape index (κ1) is 17.7. The largest absolute Gasteiger partial charge is 0.465 e. The smallest absolute Gasteiger partial charge is 0.338 e. The Morgan fingerprint density at radius 1 is 0.958 bits per heavy atom. The fourth-order valence-electron chi connectivity index (χ4n) is 2.52. The van der Waals surface area contributed by atoms with Crippen molar-refractivity contribution in [3.05, 3.63) is 59.2 Å². The van der Waals surface area contributed by atoms with E-state index in [2.05, 4.69) is 0 Å². The molecule has 0 aromatic heterocycles. The van der Waals surface area contributed by atoms with Crippen LogP contribution in [0.4, 0.5) is 0 Å². The fourth-order valence-corrected chi connectivity index (χ4v) is 2.52. The number of benzene rings is 2. The summed E-state index contributed by atoms with van der Waals surface area (Å²) in [6.07, 6.45) is -1.21. The summed E-state index contributed by atoms with van der Waals surface area (Å²) in [7, 11) is 2.50. The van der Waals surface area contributed by atoms with Gasteiger partial charge in [-0.15, -0.1) is 0 Å². The molecule has 0 aliphatic carbocycles. The maximum atomic E-state index is 12.1. The molecule has 0 aliphatic heterocycles. The summed E-state index contributed by atoms with van der Waals surface area (Å²) in [6.45, 7) is -0.530. The van der Waals surface area contributed by atoms with Crippen molar-refractivity contribution in [2.45, 2.75) is 6.10 Å². The van der Waals surface area contributed by atoms with Gasteiger partial charge in [0.25, 0.3) is 0 Å². The first-order valence-corrected chi connectivity index (χ1v) is 7.23. The molecule has 6 nitrogen and oxygen atoms in total. The van der Waals surface area contributed by atoms with Crippen LogP contribution < -0.4 is 0 Å². The van der Waals surface area contributed by atoms with Gasteiger partial charge < -0.3 is 19.7 Å². The van der Waals surface area contributed by atoms with Gasteiger partial charge in [-0.1, -0.05) is 30.3 Å². The molecular weight excluding hydrogens is 312 g/mol. The van der Waals surface area contributed by atoms with Crippen molar-refractivity contribution in [2.75, 3.05) is 20.8 Å². The average Bonchev–Trinajstić information content (AvgIpc) is 2.65. The summed E-state index contributed by atoms with van der Waals surface area (Å²) < 4.78 is 9.58. The van der Waals surface area contributed by atoms with Crippen molar-refractivity contribution < 1.29 is 29.3 Å². The van der Waals surface area contributed by atoms with Crippen LogP contribution in [0.25, 0.3) is 11.1 Å². The molecule has 0 saturated heterocycles. The van der Waals surface area contributed by atoms with E-state index in [-0.39, 0.29) is 11.1 Å². The molecule has 0 saturated carbocycles. The molecule has 0 fully saturated rings. The number of hydrogen-bond acceptors (Lipinski definition) is 6. The summed E-state index contributed by atoms with van der Waals surface area (Å²) in [6, 6.07) is 11.2. The van der Waals surface area contributed by atoms with Gasteiger partial charge >= 0.3 is 11.9 Å². The van der Waals surface area contributed by atoms with Crippen molar-refractivity contribution in [3.63, 3.8) is 0 Å². The lowest BCUT2D eigenvalue weighted by atomic mass is 9.89. The van der Waals surface area contributed by atoms with E-state index in [0.717, 1.165) is 0 Å². The van der Waals surface area contributed by atoms with E-state index >= 15 is 0 Å². The van der Waals surface area contributed by atoms with Crippen molar-refractivity contribution in [2.24, 2.45) is 0 Å². The maximum Gasteiger partial charge on any atom is 0.338 e. The quantitative estimate of drug-likeness (QED) is 0.814. The molecule has 126 valence electrons. The van der Waals surface area contributed by atoms with Gasteiger partial charge in [-0.2, -0.15) is 0 Å². The van der Waals surface area contributed by atoms with Crippen LogP contribution in [0.15, 0.2) is 42.5 Å². The Kier molecular flexibility index (Phi) is 5.68. The second kappa shape index (κ2) is 7.72. The third-order valence-electron chi connectivity index (χ3n) is 3.64. The number of carbonyl (C=O) groups is 2. The number of carbonyl (C=O) groups excluding carboxylic acids is 2. The highest BCUT2D eigenvalue weighted by Crippen LogP contribution is 2.34. The fraction of sp³-hybridized carbons (Fsp3) is 0.222. The molecule has 1 unspecified atom stereocenters. The van der Waals surface area contributed by atoms with Crippen molar-refractivity contribution in [3.8, 4) is 11.1 Å². The first-order chi connectivity index (χ1) is 11.5. The number of methoxy groups -OCH3 is 2.